The van der Waals surface area contributed by atoms with Gasteiger partial charge in [-0.1, -0.05) is 34.1 Å². The monoisotopic (exact) mass is 358 g/mol. The van der Waals surface area contributed by atoms with Crippen LogP contribution in [-0.2, 0) is 0 Å². The number of halogens is 1. The molecule has 8 nitrogen and oxygen atoms in total. The van der Waals surface area contributed by atoms with Crippen LogP contribution in [0.2, 0.25) is 5.02 Å². The maximum Gasteiger partial charge on any atom is 0.280 e. The van der Waals surface area contributed by atoms with Gasteiger partial charge in [-0.2, -0.15) is 4.98 Å². The van der Waals surface area contributed by atoms with E-state index in [1.165, 1.54) is 0 Å². The number of aryl methyl sites for hydroxylation is 1. The number of carbonyl (C=O) groups is 1. The quantitative estimate of drug-likeness (QED) is 0.714. The summed E-state index contributed by atoms with van der Waals surface area (Å²) in [7, 11) is 0. The van der Waals surface area contributed by atoms with Gasteiger partial charge in [0, 0.05) is 13.1 Å². The van der Waals surface area contributed by atoms with E-state index >= 15 is 0 Å². The minimum atomic E-state index is -0.0686. The Morgan fingerprint density at radius 3 is 2.96 bits per heavy atom. The highest BCUT2D eigenvalue weighted by Crippen LogP contribution is 2.26. The lowest BCUT2D eigenvalue weighted by Crippen LogP contribution is -2.29. The Labute approximate surface area is 148 Å². The zero-order valence-corrected chi connectivity index (χ0v) is 14.2. The number of hydrogen-bond donors (Lipinski definition) is 0. The zero-order chi connectivity index (χ0) is 17.4. The number of rotatable bonds is 3. The van der Waals surface area contributed by atoms with Crippen molar-refractivity contribution in [3.8, 4) is 11.6 Å². The van der Waals surface area contributed by atoms with Crippen LogP contribution >= 0.6 is 11.6 Å². The van der Waals surface area contributed by atoms with Crippen LogP contribution in [0.1, 0.15) is 28.6 Å². The summed E-state index contributed by atoms with van der Waals surface area (Å²) in [6, 6.07) is 7.13. The van der Waals surface area contributed by atoms with Crippen molar-refractivity contribution in [1.29, 1.82) is 0 Å². The lowest BCUT2D eigenvalue weighted by Gasteiger charge is -2.17. The molecule has 1 fully saturated rings. The molecular formula is C16H15ClN6O2. The molecule has 0 saturated carbocycles. The van der Waals surface area contributed by atoms with Crippen molar-refractivity contribution in [2.75, 3.05) is 13.1 Å². The molecule has 3 aromatic rings. The maximum absolute atomic E-state index is 12.6. The summed E-state index contributed by atoms with van der Waals surface area (Å²) in [5.74, 6) is 0.814. The van der Waals surface area contributed by atoms with Crippen molar-refractivity contribution >= 4 is 17.5 Å². The number of hydrogen-bond acceptors (Lipinski definition) is 6. The highest BCUT2D eigenvalue weighted by molar-refractivity contribution is 6.33. The Balaban J connectivity index is 1.49. The van der Waals surface area contributed by atoms with Crippen LogP contribution in [0, 0.1) is 6.92 Å². The maximum atomic E-state index is 12.6. The van der Waals surface area contributed by atoms with E-state index in [0.29, 0.717) is 41.1 Å². The summed E-state index contributed by atoms with van der Waals surface area (Å²) >= 11 is 6.13. The van der Waals surface area contributed by atoms with Crippen LogP contribution in [0.4, 0.5) is 0 Å². The Kier molecular flexibility index (Phi) is 3.96. The van der Waals surface area contributed by atoms with Gasteiger partial charge in [-0.05, 0) is 25.5 Å². The third-order valence-corrected chi connectivity index (χ3v) is 4.52. The van der Waals surface area contributed by atoms with Gasteiger partial charge in [0.05, 0.1) is 22.8 Å². The predicted octanol–water partition coefficient (Wildman–Crippen LogP) is 2.38. The van der Waals surface area contributed by atoms with Gasteiger partial charge in [-0.25, -0.2) is 4.68 Å². The van der Waals surface area contributed by atoms with Crippen molar-refractivity contribution in [1.82, 2.24) is 30.0 Å². The lowest BCUT2D eigenvalue weighted by molar-refractivity contribution is 0.0787. The van der Waals surface area contributed by atoms with E-state index in [2.05, 4.69) is 20.5 Å². The molecule has 0 spiro atoms. The molecule has 0 N–H and O–H groups in total. The first kappa shape index (κ1) is 15.8. The fourth-order valence-electron chi connectivity index (χ4n) is 2.90. The zero-order valence-electron chi connectivity index (χ0n) is 13.5. The van der Waals surface area contributed by atoms with Crippen LogP contribution < -0.4 is 0 Å². The number of likely N-dealkylation sites (tertiary alicyclic amines) is 1. The average Bonchev–Trinajstić information content (AvgIpc) is 3.34. The predicted molar refractivity (Wildman–Crippen MR) is 89.1 cm³/mol. The molecule has 3 heterocycles. The standard InChI is InChI=1S/C16H15ClN6O2/c1-10-18-15(25-20-10)14-9-23(21-19-14)11-6-7-22(8-11)16(24)12-4-2-3-5-13(12)17/h2-5,9,11H,6-8H2,1H3/t11-/m1/s1. The minimum Gasteiger partial charge on any atom is -0.336 e. The van der Waals surface area contributed by atoms with Gasteiger partial charge in [-0.3, -0.25) is 4.79 Å². The third kappa shape index (κ3) is 3.00. The van der Waals surface area contributed by atoms with E-state index in [9.17, 15) is 4.79 Å². The molecule has 1 aliphatic heterocycles. The number of nitrogens with zero attached hydrogens (tertiary/aromatic N) is 6. The first-order chi connectivity index (χ1) is 12.1. The van der Waals surface area contributed by atoms with Gasteiger partial charge in [0.25, 0.3) is 11.8 Å². The van der Waals surface area contributed by atoms with Crippen LogP contribution in [0.3, 0.4) is 0 Å². The molecule has 1 saturated heterocycles. The fraction of sp³-hybridized carbons (Fsp3) is 0.312. The summed E-state index contributed by atoms with van der Waals surface area (Å²) in [6.07, 6.45) is 2.56. The first-order valence-electron chi connectivity index (χ1n) is 7.88. The molecule has 1 atom stereocenters. The molecule has 2 aromatic heterocycles. The average molecular weight is 359 g/mol. The van der Waals surface area contributed by atoms with Crippen LogP contribution in [0.25, 0.3) is 11.6 Å². The topological polar surface area (TPSA) is 89.9 Å². The molecule has 0 aliphatic carbocycles. The number of aromatic nitrogens is 5. The number of carbonyl (C=O) groups excluding carboxylic acids is 1. The van der Waals surface area contributed by atoms with Crippen molar-refractivity contribution in [3.63, 3.8) is 0 Å². The molecule has 0 unspecified atom stereocenters. The first-order valence-corrected chi connectivity index (χ1v) is 8.26. The molecule has 0 bridgehead atoms. The Morgan fingerprint density at radius 1 is 1.36 bits per heavy atom. The second kappa shape index (κ2) is 6.29. The highest BCUT2D eigenvalue weighted by atomic mass is 35.5. The summed E-state index contributed by atoms with van der Waals surface area (Å²) in [5.41, 5.74) is 1.04. The van der Waals surface area contributed by atoms with E-state index in [-0.39, 0.29) is 11.9 Å². The molecule has 4 rings (SSSR count). The van der Waals surface area contributed by atoms with Crippen LogP contribution in [-0.4, -0.2) is 49.0 Å². The van der Waals surface area contributed by atoms with Crippen LogP contribution in [0.15, 0.2) is 35.0 Å². The highest BCUT2D eigenvalue weighted by Gasteiger charge is 2.30. The van der Waals surface area contributed by atoms with Gasteiger partial charge in [0.2, 0.25) is 0 Å². The van der Waals surface area contributed by atoms with Gasteiger partial charge in [0.1, 0.15) is 0 Å². The van der Waals surface area contributed by atoms with Gasteiger partial charge in [-0.15, -0.1) is 5.10 Å². The summed E-state index contributed by atoms with van der Waals surface area (Å²) in [4.78, 5) is 18.6. The molecule has 9 heteroatoms. The fourth-order valence-corrected chi connectivity index (χ4v) is 3.12. The Morgan fingerprint density at radius 2 is 2.20 bits per heavy atom. The van der Waals surface area contributed by atoms with Crippen molar-refractivity contribution in [2.24, 2.45) is 0 Å². The molecule has 1 aromatic carbocycles. The van der Waals surface area contributed by atoms with Gasteiger partial charge >= 0.3 is 0 Å². The molecule has 1 aliphatic rings. The summed E-state index contributed by atoms with van der Waals surface area (Å²) in [6.45, 7) is 2.94. The van der Waals surface area contributed by atoms with Crippen molar-refractivity contribution in [3.05, 3.63) is 46.9 Å². The summed E-state index contributed by atoms with van der Waals surface area (Å²) in [5, 5.41) is 12.4. The Bertz CT molecular complexity index is 921. The lowest BCUT2D eigenvalue weighted by atomic mass is 10.2. The SMILES string of the molecule is Cc1noc(-c2cn([C@@H]3CCN(C(=O)c4ccccc4Cl)C3)nn2)n1. The Hall–Kier alpha value is -2.74. The van der Waals surface area contributed by atoms with Gasteiger partial charge in [0.15, 0.2) is 11.5 Å². The second-order valence-corrected chi connectivity index (χ2v) is 6.31. The van der Waals surface area contributed by atoms with E-state index < -0.39 is 0 Å². The van der Waals surface area contributed by atoms with Crippen molar-refractivity contribution < 1.29 is 9.32 Å². The van der Waals surface area contributed by atoms with Gasteiger partial charge < -0.3 is 9.42 Å². The van der Waals surface area contributed by atoms with Crippen molar-refractivity contribution in [2.45, 2.75) is 19.4 Å². The van der Waals surface area contributed by atoms with E-state index in [0.717, 1.165) is 6.42 Å². The second-order valence-electron chi connectivity index (χ2n) is 5.90. The summed E-state index contributed by atoms with van der Waals surface area (Å²) < 4.78 is 6.85. The molecule has 0 radical (unpaired) electrons. The number of amides is 1. The molecule has 128 valence electrons. The molecule has 25 heavy (non-hydrogen) atoms. The van der Waals surface area contributed by atoms with E-state index in [1.54, 1.807) is 34.8 Å². The third-order valence-electron chi connectivity index (χ3n) is 4.19. The largest absolute Gasteiger partial charge is 0.336 e. The normalized spacial score (nSPS) is 17.2. The molecule has 1 amide bonds. The smallest absolute Gasteiger partial charge is 0.280 e. The minimum absolute atomic E-state index is 0.0525. The van der Waals surface area contributed by atoms with E-state index in [4.69, 9.17) is 16.1 Å². The van der Waals surface area contributed by atoms with Crippen LogP contribution in [0.5, 0.6) is 0 Å². The number of benzene rings is 1. The molecular weight excluding hydrogens is 344 g/mol. The van der Waals surface area contributed by atoms with E-state index in [1.807, 2.05) is 12.1 Å².